The lowest BCUT2D eigenvalue weighted by Crippen LogP contribution is -2.26. The number of benzene rings is 2. The molecule has 0 aliphatic rings. The zero-order chi connectivity index (χ0) is 20.0. The molecule has 0 aliphatic heterocycles. The van der Waals surface area contributed by atoms with E-state index in [0.29, 0.717) is 11.1 Å². The molecule has 1 atom stereocenters. The summed E-state index contributed by atoms with van der Waals surface area (Å²) in [6, 6.07) is 8.02. The Morgan fingerprint density at radius 2 is 1.56 bits per heavy atom. The maximum absolute atomic E-state index is 11.8. The van der Waals surface area contributed by atoms with Gasteiger partial charge in [0.2, 0.25) is 0 Å². The van der Waals surface area contributed by atoms with Crippen molar-refractivity contribution in [3.63, 3.8) is 0 Å². The van der Waals surface area contributed by atoms with Crippen LogP contribution in [0.1, 0.15) is 17.5 Å². The van der Waals surface area contributed by atoms with Crippen LogP contribution >= 0.6 is 0 Å². The first-order valence-corrected chi connectivity index (χ1v) is 7.90. The van der Waals surface area contributed by atoms with Gasteiger partial charge in [0.1, 0.15) is 0 Å². The number of carbonyl (C=O) groups is 2. The first-order chi connectivity index (χ1) is 12.8. The molecular formula is C19H18O8. The van der Waals surface area contributed by atoms with E-state index in [1.807, 2.05) is 0 Å². The average Bonchev–Trinajstić information content (AvgIpc) is 2.62. The highest BCUT2D eigenvalue weighted by Gasteiger charge is 2.21. The van der Waals surface area contributed by atoms with Crippen molar-refractivity contribution in [3.8, 4) is 23.0 Å². The largest absolute Gasteiger partial charge is 0.504 e. The van der Waals surface area contributed by atoms with Crippen LogP contribution in [-0.2, 0) is 20.7 Å². The van der Waals surface area contributed by atoms with E-state index in [-0.39, 0.29) is 35.8 Å². The molecule has 142 valence electrons. The maximum atomic E-state index is 11.8. The summed E-state index contributed by atoms with van der Waals surface area (Å²) in [5, 5.41) is 46.5. The van der Waals surface area contributed by atoms with E-state index < -0.39 is 18.0 Å². The van der Waals surface area contributed by atoms with Crippen LogP contribution in [0.3, 0.4) is 0 Å². The number of aliphatic carboxylic acids is 1. The van der Waals surface area contributed by atoms with Crippen molar-refractivity contribution >= 4 is 18.0 Å². The zero-order valence-electron chi connectivity index (χ0n) is 14.1. The van der Waals surface area contributed by atoms with E-state index in [4.69, 9.17) is 4.74 Å². The smallest absolute Gasteiger partial charge is 0.345 e. The number of hydrogen-bond donors (Lipinski definition) is 5. The van der Waals surface area contributed by atoms with Crippen LogP contribution in [0.5, 0.6) is 23.0 Å². The number of aryl methyl sites for hydroxylation is 1. The summed E-state index contributed by atoms with van der Waals surface area (Å²) in [5.74, 6) is -3.47. The Morgan fingerprint density at radius 3 is 2.15 bits per heavy atom. The molecule has 8 nitrogen and oxygen atoms in total. The maximum Gasteiger partial charge on any atom is 0.345 e. The molecule has 0 spiro atoms. The van der Waals surface area contributed by atoms with Crippen LogP contribution in [0.25, 0.3) is 6.08 Å². The van der Waals surface area contributed by atoms with Gasteiger partial charge in [-0.2, -0.15) is 0 Å². The lowest BCUT2D eigenvalue weighted by molar-refractivity contribution is -0.161. The quantitative estimate of drug-likeness (QED) is 0.282. The Hall–Kier alpha value is -3.68. The summed E-state index contributed by atoms with van der Waals surface area (Å²) in [6.07, 6.45) is 1.09. The molecule has 2 rings (SSSR count). The molecule has 0 saturated carbocycles. The van der Waals surface area contributed by atoms with Gasteiger partial charge in [-0.3, -0.25) is 0 Å². The number of phenols is 4. The fraction of sp³-hybridized carbons (Fsp3) is 0.158. The number of hydrogen-bond acceptors (Lipinski definition) is 7. The van der Waals surface area contributed by atoms with E-state index in [1.54, 1.807) is 0 Å². The molecule has 5 N–H and O–H groups in total. The van der Waals surface area contributed by atoms with Crippen molar-refractivity contribution < 1.29 is 39.9 Å². The van der Waals surface area contributed by atoms with E-state index >= 15 is 0 Å². The van der Waals surface area contributed by atoms with Crippen LogP contribution in [0, 0.1) is 0 Å². The van der Waals surface area contributed by atoms with Crippen molar-refractivity contribution in [2.75, 3.05) is 0 Å². The number of carboxylic acid groups (broad SMARTS) is 1. The predicted molar refractivity (Wildman–Crippen MR) is 94.4 cm³/mol. The third-order valence-electron chi connectivity index (χ3n) is 3.68. The molecule has 0 amide bonds. The number of carbonyl (C=O) groups excluding carboxylic acids is 1. The number of rotatable bonds is 7. The summed E-state index contributed by atoms with van der Waals surface area (Å²) in [7, 11) is 0. The summed E-state index contributed by atoms with van der Waals surface area (Å²) < 4.78 is 4.91. The third-order valence-corrected chi connectivity index (χ3v) is 3.68. The standard InChI is InChI=1S/C19H18O8/c20-13-5-1-11(9-15(13)22)3-7-17(19(25)26)27-18(24)8-4-12-2-6-14(21)16(23)10-12/h1-2,4-6,8-10,17,20-23H,3,7H2,(H,25,26)/b8-4+/t17-/m1/s1. The molecule has 0 heterocycles. The normalized spacial score (nSPS) is 12.0. The second-order valence-corrected chi connectivity index (χ2v) is 5.71. The average molecular weight is 374 g/mol. The first-order valence-electron chi connectivity index (χ1n) is 7.90. The topological polar surface area (TPSA) is 145 Å². The number of carboxylic acids is 1. The van der Waals surface area contributed by atoms with Gasteiger partial charge in [0.25, 0.3) is 0 Å². The van der Waals surface area contributed by atoms with Crippen LogP contribution in [-0.4, -0.2) is 43.6 Å². The van der Waals surface area contributed by atoms with Crippen molar-refractivity contribution in [2.24, 2.45) is 0 Å². The van der Waals surface area contributed by atoms with Crippen LogP contribution < -0.4 is 0 Å². The Morgan fingerprint density at radius 1 is 0.926 bits per heavy atom. The molecule has 0 bridgehead atoms. The zero-order valence-corrected chi connectivity index (χ0v) is 14.1. The summed E-state index contributed by atoms with van der Waals surface area (Å²) >= 11 is 0. The SMILES string of the molecule is O=C(/C=C/c1ccc(O)c(O)c1)O[C@H](CCc1ccc(O)c(O)c1)C(=O)O. The molecular weight excluding hydrogens is 356 g/mol. The van der Waals surface area contributed by atoms with Gasteiger partial charge in [-0.25, -0.2) is 9.59 Å². The molecule has 0 radical (unpaired) electrons. The molecule has 0 saturated heterocycles. The van der Waals surface area contributed by atoms with E-state index in [1.165, 1.54) is 42.5 Å². The number of esters is 1. The van der Waals surface area contributed by atoms with Gasteiger partial charge in [-0.05, 0) is 54.3 Å². The van der Waals surface area contributed by atoms with E-state index in [9.17, 15) is 35.1 Å². The minimum absolute atomic E-state index is 0.0286. The summed E-state index contributed by atoms with van der Waals surface area (Å²) in [5.41, 5.74) is 0.983. The van der Waals surface area contributed by atoms with Crippen molar-refractivity contribution in [1.82, 2.24) is 0 Å². The molecule has 0 unspecified atom stereocenters. The Balaban J connectivity index is 1.96. The van der Waals surface area contributed by atoms with Gasteiger partial charge in [0.15, 0.2) is 29.1 Å². The summed E-state index contributed by atoms with van der Waals surface area (Å²) in [6.45, 7) is 0. The number of phenolic OH excluding ortho intramolecular Hbond substituents is 4. The third kappa shape index (κ3) is 5.67. The first kappa shape index (κ1) is 19.6. The molecule has 2 aromatic rings. The van der Waals surface area contributed by atoms with E-state index in [2.05, 4.69) is 0 Å². The highest BCUT2D eigenvalue weighted by Crippen LogP contribution is 2.26. The fourth-order valence-electron chi connectivity index (χ4n) is 2.24. The van der Waals surface area contributed by atoms with Gasteiger partial charge in [-0.15, -0.1) is 0 Å². The van der Waals surface area contributed by atoms with Crippen molar-refractivity contribution in [2.45, 2.75) is 18.9 Å². The fourth-order valence-corrected chi connectivity index (χ4v) is 2.24. The molecule has 0 aromatic heterocycles. The van der Waals surface area contributed by atoms with Gasteiger partial charge >= 0.3 is 11.9 Å². The Bertz CT molecular complexity index is 872. The molecule has 0 aliphatic carbocycles. The lowest BCUT2D eigenvalue weighted by Gasteiger charge is -2.12. The van der Waals surface area contributed by atoms with Crippen molar-refractivity contribution in [3.05, 3.63) is 53.6 Å². The molecule has 27 heavy (non-hydrogen) atoms. The van der Waals surface area contributed by atoms with E-state index in [0.717, 1.165) is 6.08 Å². The highest BCUT2D eigenvalue weighted by molar-refractivity contribution is 5.89. The Labute approximate surface area is 154 Å². The Kier molecular flexibility index (Phi) is 6.27. The highest BCUT2D eigenvalue weighted by atomic mass is 16.6. The second-order valence-electron chi connectivity index (χ2n) is 5.71. The van der Waals surface area contributed by atoms with Gasteiger partial charge in [0.05, 0.1) is 0 Å². The second kappa shape index (κ2) is 8.61. The summed E-state index contributed by atoms with van der Waals surface area (Å²) in [4.78, 5) is 23.1. The minimum atomic E-state index is -1.40. The minimum Gasteiger partial charge on any atom is -0.504 e. The van der Waals surface area contributed by atoms with Gasteiger partial charge < -0.3 is 30.3 Å². The molecule has 0 fully saturated rings. The predicted octanol–water partition coefficient (Wildman–Crippen LogP) is 2.15. The van der Waals surface area contributed by atoms with Crippen LogP contribution in [0.15, 0.2) is 42.5 Å². The van der Waals surface area contributed by atoms with Gasteiger partial charge in [0, 0.05) is 6.08 Å². The van der Waals surface area contributed by atoms with Crippen LogP contribution in [0.2, 0.25) is 0 Å². The monoisotopic (exact) mass is 374 g/mol. The lowest BCUT2D eigenvalue weighted by atomic mass is 10.1. The van der Waals surface area contributed by atoms with Gasteiger partial charge in [-0.1, -0.05) is 12.1 Å². The van der Waals surface area contributed by atoms with Crippen molar-refractivity contribution in [1.29, 1.82) is 0 Å². The molecule has 2 aromatic carbocycles. The number of ether oxygens (including phenoxy) is 1. The number of aromatic hydroxyl groups is 4. The van der Waals surface area contributed by atoms with Crippen LogP contribution in [0.4, 0.5) is 0 Å². The molecule has 8 heteroatoms.